The lowest BCUT2D eigenvalue weighted by molar-refractivity contribution is -0.189. The molecular weight excluding hydrogens is 424 g/mol. The van der Waals surface area contributed by atoms with Gasteiger partial charge in [0.05, 0.1) is 24.2 Å². The molecule has 1 aromatic rings. The maximum Gasteiger partial charge on any atom is 0.350 e. The third-order valence-corrected chi connectivity index (χ3v) is 5.94. The van der Waals surface area contributed by atoms with Crippen molar-refractivity contribution in [2.45, 2.75) is 57.7 Å². The third kappa shape index (κ3) is 4.99. The second-order valence-corrected chi connectivity index (χ2v) is 7.76. The van der Waals surface area contributed by atoms with Crippen molar-refractivity contribution in [3.05, 3.63) is 32.8 Å². The highest BCUT2D eigenvalue weighted by Crippen LogP contribution is 2.35. The van der Waals surface area contributed by atoms with Gasteiger partial charge in [-0.15, -0.1) is 0 Å². The smallest absolute Gasteiger partial charge is 0.350 e. The fourth-order valence-electron chi connectivity index (χ4n) is 3.19. The molecule has 0 saturated heterocycles. The number of benzene rings is 1. The molecule has 0 aliphatic heterocycles. The van der Waals surface area contributed by atoms with Crippen LogP contribution in [0.15, 0.2) is 16.6 Å². The summed E-state index contributed by atoms with van der Waals surface area (Å²) in [7, 11) is 1.65. The molecule has 0 atom stereocenters. The molecule has 2 rings (SSSR count). The number of esters is 2. The van der Waals surface area contributed by atoms with Crippen LogP contribution in [-0.2, 0) is 30.2 Å². The quantitative estimate of drug-likeness (QED) is 0.605. The molecule has 1 aromatic carbocycles. The third-order valence-electron chi connectivity index (χ3n) is 4.74. The van der Waals surface area contributed by atoms with Crippen LogP contribution in [0.5, 0.6) is 0 Å². The van der Waals surface area contributed by atoms with Gasteiger partial charge in [-0.2, -0.15) is 0 Å². The molecule has 0 heterocycles. The molecule has 5 nitrogen and oxygen atoms in total. The van der Waals surface area contributed by atoms with Gasteiger partial charge in [-0.3, -0.25) is 4.79 Å². The second kappa shape index (κ2) is 9.20. The first kappa shape index (κ1) is 21.2. The van der Waals surface area contributed by atoms with Crippen LogP contribution in [0.2, 0.25) is 5.02 Å². The maximum atomic E-state index is 12.6. The molecule has 0 radical (unpaired) electrons. The van der Waals surface area contributed by atoms with Crippen molar-refractivity contribution in [2.75, 3.05) is 13.7 Å². The maximum absolute atomic E-state index is 12.6. The molecule has 1 aliphatic rings. The van der Waals surface area contributed by atoms with Crippen molar-refractivity contribution in [3.8, 4) is 0 Å². The summed E-state index contributed by atoms with van der Waals surface area (Å²) < 4.78 is 17.0. The average molecular weight is 448 g/mol. The molecule has 0 bridgehead atoms. The zero-order valence-corrected chi connectivity index (χ0v) is 17.6. The molecular formula is C19H24BrClO5. The largest absolute Gasteiger partial charge is 0.463 e. The van der Waals surface area contributed by atoms with E-state index in [1.807, 2.05) is 13.0 Å². The lowest BCUT2D eigenvalue weighted by atomic mass is 9.83. The average Bonchev–Trinajstić information content (AvgIpc) is 2.60. The number of halogens is 2. The number of hydrogen-bond acceptors (Lipinski definition) is 5. The summed E-state index contributed by atoms with van der Waals surface area (Å²) >= 11 is 9.49. The van der Waals surface area contributed by atoms with Gasteiger partial charge in [0.15, 0.2) is 0 Å². The van der Waals surface area contributed by atoms with E-state index in [2.05, 4.69) is 15.9 Å². The van der Waals surface area contributed by atoms with Gasteiger partial charge in [-0.25, -0.2) is 4.79 Å². The van der Waals surface area contributed by atoms with Crippen molar-refractivity contribution in [2.24, 2.45) is 0 Å². The van der Waals surface area contributed by atoms with E-state index < -0.39 is 17.5 Å². The molecule has 1 aliphatic carbocycles. The summed E-state index contributed by atoms with van der Waals surface area (Å²) in [4.78, 5) is 25.1. The van der Waals surface area contributed by atoms with Gasteiger partial charge in [0.2, 0.25) is 5.60 Å². The lowest BCUT2D eigenvalue weighted by Crippen LogP contribution is -2.48. The van der Waals surface area contributed by atoms with Crippen molar-refractivity contribution in [3.63, 3.8) is 0 Å². The van der Waals surface area contributed by atoms with Crippen LogP contribution in [-0.4, -0.2) is 37.4 Å². The molecule has 0 aromatic heterocycles. The molecule has 144 valence electrons. The first-order valence-electron chi connectivity index (χ1n) is 8.67. The van der Waals surface area contributed by atoms with Crippen LogP contribution < -0.4 is 0 Å². The highest BCUT2D eigenvalue weighted by atomic mass is 79.9. The summed E-state index contributed by atoms with van der Waals surface area (Å²) in [5.74, 6) is -0.941. The highest BCUT2D eigenvalue weighted by molar-refractivity contribution is 9.10. The molecule has 0 unspecified atom stereocenters. The van der Waals surface area contributed by atoms with E-state index in [0.29, 0.717) is 30.7 Å². The summed E-state index contributed by atoms with van der Waals surface area (Å²) in [6.45, 7) is 3.88. The minimum atomic E-state index is -1.23. The van der Waals surface area contributed by atoms with Crippen LogP contribution >= 0.6 is 27.5 Å². The SMILES string of the molecule is CCOC(=O)C1(OC(=O)Cc2cc(Cl)c(Br)cc2C)CCC(OC)CC1. The molecule has 1 saturated carbocycles. The minimum Gasteiger partial charge on any atom is -0.463 e. The number of hydrogen-bond donors (Lipinski definition) is 0. The van der Waals surface area contributed by atoms with E-state index in [1.165, 1.54) is 0 Å². The van der Waals surface area contributed by atoms with Crippen LogP contribution in [0.3, 0.4) is 0 Å². The zero-order chi connectivity index (χ0) is 19.3. The van der Waals surface area contributed by atoms with Gasteiger partial charge < -0.3 is 14.2 Å². The van der Waals surface area contributed by atoms with Crippen molar-refractivity contribution in [1.82, 2.24) is 0 Å². The van der Waals surface area contributed by atoms with E-state index in [4.69, 9.17) is 25.8 Å². The molecule has 1 fully saturated rings. The fourth-order valence-corrected chi connectivity index (χ4v) is 3.84. The van der Waals surface area contributed by atoms with Crippen LogP contribution in [0, 0.1) is 6.92 Å². The predicted octanol–water partition coefficient (Wildman–Crippen LogP) is 4.39. The molecule has 0 amide bonds. The second-order valence-electron chi connectivity index (χ2n) is 6.49. The monoisotopic (exact) mass is 446 g/mol. The number of carbonyl (C=O) groups excluding carboxylic acids is 2. The zero-order valence-electron chi connectivity index (χ0n) is 15.3. The molecule has 7 heteroatoms. The van der Waals surface area contributed by atoms with Gasteiger partial charge in [0.25, 0.3) is 0 Å². The van der Waals surface area contributed by atoms with Gasteiger partial charge in [0.1, 0.15) is 0 Å². The van der Waals surface area contributed by atoms with Crippen LogP contribution in [0.25, 0.3) is 0 Å². The van der Waals surface area contributed by atoms with Gasteiger partial charge in [0, 0.05) is 24.4 Å². The van der Waals surface area contributed by atoms with E-state index in [0.717, 1.165) is 15.6 Å². The summed E-state index contributed by atoms with van der Waals surface area (Å²) in [5, 5.41) is 0.527. The molecule has 26 heavy (non-hydrogen) atoms. The van der Waals surface area contributed by atoms with E-state index in [1.54, 1.807) is 20.1 Å². The lowest BCUT2D eigenvalue weighted by Gasteiger charge is -2.37. The van der Waals surface area contributed by atoms with Crippen molar-refractivity contribution in [1.29, 1.82) is 0 Å². The Labute approximate surface area is 167 Å². The molecule has 0 spiro atoms. The number of carbonyl (C=O) groups is 2. The van der Waals surface area contributed by atoms with Gasteiger partial charge in [-0.1, -0.05) is 11.6 Å². The van der Waals surface area contributed by atoms with E-state index in [-0.39, 0.29) is 19.1 Å². The Morgan fingerprint density at radius 2 is 1.96 bits per heavy atom. The minimum absolute atomic E-state index is 0.0493. The van der Waals surface area contributed by atoms with Gasteiger partial charge in [-0.05, 0) is 65.9 Å². The number of ether oxygens (including phenoxy) is 3. The fraction of sp³-hybridized carbons (Fsp3) is 0.579. The normalized spacial score (nSPS) is 22.7. The Morgan fingerprint density at radius 1 is 1.31 bits per heavy atom. The summed E-state index contributed by atoms with van der Waals surface area (Å²) in [6.07, 6.45) is 2.21. The topological polar surface area (TPSA) is 61.8 Å². The van der Waals surface area contributed by atoms with Crippen LogP contribution in [0.4, 0.5) is 0 Å². The summed E-state index contributed by atoms with van der Waals surface area (Å²) in [5.41, 5.74) is 0.467. The highest BCUT2D eigenvalue weighted by Gasteiger charge is 2.46. The van der Waals surface area contributed by atoms with E-state index >= 15 is 0 Å². The summed E-state index contributed by atoms with van der Waals surface area (Å²) in [6, 6.07) is 3.59. The number of aryl methyl sites for hydroxylation is 1. The Kier molecular flexibility index (Phi) is 7.50. The predicted molar refractivity (Wildman–Crippen MR) is 102 cm³/mol. The Bertz CT molecular complexity index is 668. The van der Waals surface area contributed by atoms with E-state index in [9.17, 15) is 9.59 Å². The Morgan fingerprint density at radius 3 is 2.54 bits per heavy atom. The number of methoxy groups -OCH3 is 1. The van der Waals surface area contributed by atoms with Crippen molar-refractivity contribution < 1.29 is 23.8 Å². The number of rotatable bonds is 6. The van der Waals surface area contributed by atoms with Crippen molar-refractivity contribution >= 4 is 39.5 Å². The first-order valence-corrected chi connectivity index (χ1v) is 9.84. The molecule has 0 N–H and O–H groups in total. The Balaban J connectivity index is 2.14. The Hall–Kier alpha value is -1.11. The van der Waals surface area contributed by atoms with Gasteiger partial charge >= 0.3 is 11.9 Å². The van der Waals surface area contributed by atoms with Crippen LogP contribution in [0.1, 0.15) is 43.7 Å². The standard InChI is InChI=1S/C19H24BrClO5/c1-4-25-18(23)19(7-5-14(24-3)6-8-19)26-17(22)11-13-10-16(21)15(20)9-12(13)2/h9-10,14H,4-8,11H2,1-3H3. The first-order chi connectivity index (χ1) is 12.3.